The van der Waals surface area contributed by atoms with E-state index in [0.29, 0.717) is 48.1 Å². The predicted molar refractivity (Wildman–Crippen MR) is 135 cm³/mol. The third kappa shape index (κ3) is 5.96. The first-order valence-corrected chi connectivity index (χ1v) is 11.8. The van der Waals surface area contributed by atoms with Crippen molar-refractivity contribution in [2.75, 3.05) is 42.9 Å². The van der Waals surface area contributed by atoms with Crippen LogP contribution < -0.4 is 15.5 Å². The second-order valence-electron chi connectivity index (χ2n) is 8.35. The average Bonchev–Trinajstić information content (AvgIpc) is 2.88. The van der Waals surface area contributed by atoms with E-state index >= 15 is 0 Å². The number of rotatable bonds is 6. The Morgan fingerprint density at radius 1 is 1.03 bits per heavy atom. The van der Waals surface area contributed by atoms with Gasteiger partial charge in [-0.25, -0.2) is 4.39 Å². The lowest BCUT2D eigenvalue weighted by atomic mass is 10.1. The molecule has 2 heterocycles. The molecule has 2 aromatic carbocycles. The van der Waals surface area contributed by atoms with Crippen molar-refractivity contribution >= 4 is 34.8 Å². The maximum atomic E-state index is 14.2. The van der Waals surface area contributed by atoms with E-state index in [4.69, 9.17) is 11.6 Å². The van der Waals surface area contributed by atoms with Gasteiger partial charge in [-0.05, 0) is 48.4 Å². The van der Waals surface area contributed by atoms with E-state index < -0.39 is 11.8 Å². The maximum absolute atomic E-state index is 14.2. The third-order valence-electron chi connectivity index (χ3n) is 6.20. The number of piperazine rings is 1. The predicted octanol–water partition coefficient (Wildman–Crippen LogP) is 3.80. The molecule has 3 aromatic rings. The molecule has 1 fully saturated rings. The Labute approximate surface area is 208 Å². The first-order valence-electron chi connectivity index (χ1n) is 11.4. The number of halogens is 2. The normalized spacial score (nSPS) is 14.9. The van der Waals surface area contributed by atoms with Crippen molar-refractivity contribution in [2.45, 2.75) is 13.0 Å². The quantitative estimate of drug-likeness (QED) is 0.509. The van der Waals surface area contributed by atoms with E-state index in [-0.39, 0.29) is 18.4 Å². The zero-order valence-corrected chi connectivity index (χ0v) is 20.1. The smallest absolute Gasteiger partial charge is 0.313 e. The largest absolute Gasteiger partial charge is 0.367 e. The van der Waals surface area contributed by atoms with E-state index in [9.17, 15) is 14.0 Å². The standard InChI is InChI=1S/C26H27ClFN5O2/c1-18-20(27)7-4-9-22(18)31-26(35)25(34)30-17-24(19-6-5-11-29-16-19)33-14-12-32(13-15-33)23-10-3-2-8-21(23)28/h2-11,16,24H,12-15,17H2,1H3,(H,30,34)(H,31,35)/t24-/m0/s1. The van der Waals surface area contributed by atoms with E-state index in [1.807, 2.05) is 23.1 Å². The molecule has 0 bridgehead atoms. The lowest BCUT2D eigenvalue weighted by Gasteiger charge is -2.40. The summed E-state index contributed by atoms with van der Waals surface area (Å²) in [6.07, 6.45) is 3.45. The van der Waals surface area contributed by atoms with Crippen LogP contribution in [0.3, 0.4) is 0 Å². The first-order chi connectivity index (χ1) is 16.9. The summed E-state index contributed by atoms with van der Waals surface area (Å²) in [7, 11) is 0. The molecular formula is C26H27ClFN5O2. The molecule has 1 aliphatic heterocycles. The van der Waals surface area contributed by atoms with Crippen LogP contribution in [0.4, 0.5) is 15.8 Å². The molecule has 1 aromatic heterocycles. The number of hydrogen-bond acceptors (Lipinski definition) is 5. The van der Waals surface area contributed by atoms with Crippen LogP contribution in [0, 0.1) is 12.7 Å². The van der Waals surface area contributed by atoms with Gasteiger partial charge in [0.25, 0.3) is 0 Å². The van der Waals surface area contributed by atoms with Crippen molar-refractivity contribution in [3.05, 3.63) is 89.0 Å². The summed E-state index contributed by atoms with van der Waals surface area (Å²) in [5.41, 5.74) is 2.70. The van der Waals surface area contributed by atoms with Gasteiger partial charge in [0, 0.05) is 55.8 Å². The number of hydrogen-bond donors (Lipinski definition) is 2. The minimum Gasteiger partial charge on any atom is -0.367 e. The number of nitrogens with one attached hydrogen (secondary N) is 2. The third-order valence-corrected chi connectivity index (χ3v) is 6.60. The van der Waals surface area contributed by atoms with Gasteiger partial charge in [0.15, 0.2) is 0 Å². The number of carbonyl (C=O) groups is 2. The number of benzene rings is 2. The highest BCUT2D eigenvalue weighted by atomic mass is 35.5. The summed E-state index contributed by atoms with van der Waals surface area (Å²) < 4.78 is 14.2. The van der Waals surface area contributed by atoms with Crippen molar-refractivity contribution in [3.63, 3.8) is 0 Å². The van der Waals surface area contributed by atoms with Gasteiger partial charge in [-0.2, -0.15) is 0 Å². The van der Waals surface area contributed by atoms with Gasteiger partial charge in [0.2, 0.25) is 0 Å². The summed E-state index contributed by atoms with van der Waals surface area (Å²) in [6, 6.07) is 15.5. The lowest BCUT2D eigenvalue weighted by Crippen LogP contribution is -2.50. The van der Waals surface area contributed by atoms with Gasteiger partial charge in [-0.15, -0.1) is 0 Å². The van der Waals surface area contributed by atoms with Crippen LogP contribution in [0.15, 0.2) is 67.0 Å². The van der Waals surface area contributed by atoms with Crippen LogP contribution in [0.5, 0.6) is 0 Å². The molecule has 1 atom stereocenters. The molecule has 9 heteroatoms. The molecule has 0 spiro atoms. The molecule has 1 saturated heterocycles. The van der Waals surface area contributed by atoms with Crippen molar-refractivity contribution in [1.82, 2.24) is 15.2 Å². The number of aromatic nitrogens is 1. The Hall–Kier alpha value is -3.49. The molecule has 4 rings (SSSR count). The van der Waals surface area contributed by atoms with Crippen molar-refractivity contribution in [3.8, 4) is 0 Å². The Bertz CT molecular complexity index is 1190. The Morgan fingerprint density at radius 2 is 1.80 bits per heavy atom. The molecule has 0 saturated carbocycles. The average molecular weight is 496 g/mol. The number of pyridine rings is 1. The Balaban J connectivity index is 1.40. The monoisotopic (exact) mass is 495 g/mol. The SMILES string of the molecule is Cc1c(Cl)cccc1NC(=O)C(=O)NC[C@@H](c1cccnc1)N1CCN(c2ccccc2F)CC1. The molecule has 0 unspecified atom stereocenters. The van der Waals surface area contributed by atoms with E-state index in [1.54, 1.807) is 49.6 Å². The van der Waals surface area contributed by atoms with Gasteiger partial charge in [-0.3, -0.25) is 19.5 Å². The van der Waals surface area contributed by atoms with Crippen LogP contribution in [0.2, 0.25) is 5.02 Å². The van der Waals surface area contributed by atoms with E-state index in [1.165, 1.54) is 6.07 Å². The summed E-state index contributed by atoms with van der Waals surface area (Å²) in [5.74, 6) is -1.73. The van der Waals surface area contributed by atoms with Crippen LogP contribution >= 0.6 is 11.6 Å². The Kier molecular flexibility index (Phi) is 7.94. The van der Waals surface area contributed by atoms with Crippen LogP contribution in [0.1, 0.15) is 17.2 Å². The van der Waals surface area contributed by atoms with Gasteiger partial charge >= 0.3 is 11.8 Å². The number of para-hydroxylation sites is 1. The fourth-order valence-corrected chi connectivity index (χ4v) is 4.38. The number of nitrogens with zero attached hydrogens (tertiary/aromatic N) is 3. The highest BCUT2D eigenvalue weighted by Gasteiger charge is 2.27. The molecule has 1 aliphatic rings. The van der Waals surface area contributed by atoms with Crippen LogP contribution in [0.25, 0.3) is 0 Å². The lowest BCUT2D eigenvalue weighted by molar-refractivity contribution is -0.136. The van der Waals surface area contributed by atoms with E-state index in [0.717, 1.165) is 5.56 Å². The molecule has 0 aliphatic carbocycles. The zero-order chi connectivity index (χ0) is 24.8. The molecule has 182 valence electrons. The second kappa shape index (κ2) is 11.3. The van der Waals surface area contributed by atoms with Gasteiger partial charge < -0.3 is 15.5 Å². The minimum atomic E-state index is -0.760. The number of amides is 2. The molecular weight excluding hydrogens is 469 g/mol. The van der Waals surface area contributed by atoms with Crippen molar-refractivity contribution < 1.29 is 14.0 Å². The summed E-state index contributed by atoms with van der Waals surface area (Å²) >= 11 is 6.10. The van der Waals surface area contributed by atoms with Crippen molar-refractivity contribution in [1.29, 1.82) is 0 Å². The maximum Gasteiger partial charge on any atom is 0.313 e. The van der Waals surface area contributed by atoms with Crippen LogP contribution in [-0.4, -0.2) is 54.4 Å². The molecule has 2 N–H and O–H groups in total. The van der Waals surface area contributed by atoms with Crippen molar-refractivity contribution in [2.24, 2.45) is 0 Å². The topological polar surface area (TPSA) is 77.6 Å². The molecule has 35 heavy (non-hydrogen) atoms. The highest BCUT2D eigenvalue weighted by molar-refractivity contribution is 6.40. The molecule has 7 nitrogen and oxygen atoms in total. The van der Waals surface area contributed by atoms with E-state index in [2.05, 4.69) is 20.5 Å². The number of anilines is 2. The minimum absolute atomic E-state index is 0.184. The van der Waals surface area contributed by atoms with Gasteiger partial charge in [0.1, 0.15) is 5.82 Å². The summed E-state index contributed by atoms with van der Waals surface area (Å²) in [6.45, 7) is 4.61. The van der Waals surface area contributed by atoms with Gasteiger partial charge in [0.05, 0.1) is 11.7 Å². The summed E-state index contributed by atoms with van der Waals surface area (Å²) in [4.78, 5) is 33.5. The van der Waals surface area contributed by atoms with Crippen LogP contribution in [-0.2, 0) is 9.59 Å². The second-order valence-corrected chi connectivity index (χ2v) is 8.76. The highest BCUT2D eigenvalue weighted by Crippen LogP contribution is 2.25. The fraction of sp³-hybridized carbons (Fsp3) is 0.269. The fourth-order valence-electron chi connectivity index (χ4n) is 4.21. The van der Waals surface area contributed by atoms with Gasteiger partial charge in [-0.1, -0.05) is 35.9 Å². The molecule has 2 amide bonds. The zero-order valence-electron chi connectivity index (χ0n) is 19.4. The first kappa shape index (κ1) is 24.6. The Morgan fingerprint density at radius 3 is 2.51 bits per heavy atom. The number of carbonyl (C=O) groups excluding carboxylic acids is 2. The summed E-state index contributed by atoms with van der Waals surface area (Å²) in [5, 5.41) is 5.89. The molecule has 0 radical (unpaired) electrons.